The molecule has 0 spiro atoms. The molecular formula is C37H67O8P. The maximum Gasteiger partial charge on any atom is 0.469 e. The summed E-state index contributed by atoms with van der Waals surface area (Å²) >= 11 is 0. The third-order valence-corrected chi connectivity index (χ3v) is 8.15. The van der Waals surface area contributed by atoms with Crippen LogP contribution in [0.15, 0.2) is 36.5 Å². The van der Waals surface area contributed by atoms with E-state index in [0.717, 1.165) is 38.5 Å². The van der Waals surface area contributed by atoms with Gasteiger partial charge in [-0.25, -0.2) is 4.57 Å². The smallest absolute Gasteiger partial charge is 0.462 e. The SMILES string of the molecule is CCCCCCCC/C=C\C/C=C\C/C=C\CCCC(=O)O[C@H](COC(=O)CCCCCCCCCCCCC)COP(=O)(O)O. The first-order chi connectivity index (χ1) is 22.3. The summed E-state index contributed by atoms with van der Waals surface area (Å²) < 4.78 is 26.2. The second kappa shape index (κ2) is 33.2. The summed E-state index contributed by atoms with van der Waals surface area (Å²) in [6, 6.07) is 0. The molecule has 8 nitrogen and oxygen atoms in total. The standard InChI is InChI=1S/C37H67O8P/c1-3-5-7-9-11-13-15-16-17-18-19-20-22-24-26-28-30-32-37(39)45-35(34-44-46(40,41)42)33-43-36(38)31-29-27-25-23-21-14-12-10-8-6-4-2/h16-17,19-20,24,26,35H,3-15,18,21-23,25,27-34H2,1-2H3,(H2,40,41,42)/b17-16-,20-19-,26-24-/t35-/m1/s1. The van der Waals surface area contributed by atoms with Crippen molar-refractivity contribution < 1.29 is 37.9 Å². The van der Waals surface area contributed by atoms with Gasteiger partial charge in [0.05, 0.1) is 6.61 Å². The lowest BCUT2D eigenvalue weighted by Crippen LogP contribution is -2.29. The maximum absolute atomic E-state index is 12.3. The van der Waals surface area contributed by atoms with E-state index in [1.165, 1.54) is 89.9 Å². The Morgan fingerprint density at radius 1 is 0.565 bits per heavy atom. The summed E-state index contributed by atoms with van der Waals surface area (Å²) in [5.41, 5.74) is 0. The van der Waals surface area contributed by atoms with Crippen molar-refractivity contribution in [3.8, 4) is 0 Å². The van der Waals surface area contributed by atoms with Crippen LogP contribution in [0.3, 0.4) is 0 Å². The van der Waals surface area contributed by atoms with Crippen LogP contribution in [0.25, 0.3) is 0 Å². The molecule has 268 valence electrons. The fourth-order valence-corrected chi connectivity index (χ4v) is 5.28. The summed E-state index contributed by atoms with van der Waals surface area (Å²) in [7, 11) is -4.76. The van der Waals surface area contributed by atoms with E-state index in [0.29, 0.717) is 12.8 Å². The van der Waals surface area contributed by atoms with E-state index in [9.17, 15) is 14.2 Å². The maximum atomic E-state index is 12.3. The van der Waals surface area contributed by atoms with Crippen molar-refractivity contribution in [3.63, 3.8) is 0 Å². The molecule has 0 bridgehead atoms. The largest absolute Gasteiger partial charge is 0.469 e. The van der Waals surface area contributed by atoms with E-state index in [1.54, 1.807) is 0 Å². The number of rotatable bonds is 33. The van der Waals surface area contributed by atoms with Crippen molar-refractivity contribution in [2.24, 2.45) is 0 Å². The van der Waals surface area contributed by atoms with Gasteiger partial charge in [0.15, 0.2) is 6.10 Å². The lowest BCUT2D eigenvalue weighted by Gasteiger charge is -2.18. The molecule has 2 N–H and O–H groups in total. The topological polar surface area (TPSA) is 119 Å². The molecule has 0 aliphatic carbocycles. The van der Waals surface area contributed by atoms with Crippen LogP contribution < -0.4 is 0 Å². The van der Waals surface area contributed by atoms with E-state index >= 15 is 0 Å². The first-order valence-corrected chi connectivity index (χ1v) is 19.8. The summed E-state index contributed by atoms with van der Waals surface area (Å²) in [4.78, 5) is 42.6. The van der Waals surface area contributed by atoms with Crippen LogP contribution in [0, 0.1) is 0 Å². The molecule has 46 heavy (non-hydrogen) atoms. The predicted octanol–water partition coefficient (Wildman–Crippen LogP) is 10.6. The molecular weight excluding hydrogens is 603 g/mol. The normalized spacial score (nSPS) is 12.9. The Kier molecular flexibility index (Phi) is 31.9. The monoisotopic (exact) mass is 670 g/mol. The van der Waals surface area contributed by atoms with Crippen LogP contribution in [-0.2, 0) is 28.2 Å². The Labute approximate surface area is 281 Å². The summed E-state index contributed by atoms with van der Waals surface area (Å²) in [5, 5.41) is 0. The quantitative estimate of drug-likeness (QED) is 0.0306. The number of allylic oxidation sites excluding steroid dienone is 6. The number of phosphoric ester groups is 1. The van der Waals surface area contributed by atoms with Crippen molar-refractivity contribution in [2.45, 2.75) is 174 Å². The first-order valence-electron chi connectivity index (χ1n) is 18.3. The molecule has 0 saturated heterocycles. The minimum Gasteiger partial charge on any atom is -0.462 e. The summed E-state index contributed by atoms with van der Waals surface area (Å²) in [6.45, 7) is 3.61. The van der Waals surface area contributed by atoms with Crippen LogP contribution in [0.1, 0.15) is 168 Å². The average molecular weight is 671 g/mol. The number of phosphoric acid groups is 1. The van der Waals surface area contributed by atoms with Crippen LogP contribution in [-0.4, -0.2) is 41.0 Å². The highest BCUT2D eigenvalue weighted by molar-refractivity contribution is 7.46. The summed E-state index contributed by atoms with van der Waals surface area (Å²) in [5.74, 6) is -0.946. The van der Waals surface area contributed by atoms with Gasteiger partial charge >= 0.3 is 19.8 Å². The van der Waals surface area contributed by atoms with Gasteiger partial charge in [-0.3, -0.25) is 14.1 Å². The molecule has 0 unspecified atom stereocenters. The van der Waals surface area contributed by atoms with Crippen molar-refractivity contribution in [1.29, 1.82) is 0 Å². The van der Waals surface area contributed by atoms with Gasteiger partial charge in [-0.2, -0.15) is 0 Å². The Hall–Kier alpha value is -1.73. The van der Waals surface area contributed by atoms with Gasteiger partial charge in [0.1, 0.15) is 6.61 Å². The molecule has 0 rings (SSSR count). The minimum atomic E-state index is -4.76. The molecule has 0 saturated carbocycles. The number of ether oxygens (including phenoxy) is 2. The second-order valence-electron chi connectivity index (χ2n) is 12.2. The average Bonchev–Trinajstić information content (AvgIpc) is 3.02. The fraction of sp³-hybridized carbons (Fsp3) is 0.784. The highest BCUT2D eigenvalue weighted by Gasteiger charge is 2.22. The Morgan fingerprint density at radius 3 is 1.52 bits per heavy atom. The number of esters is 2. The third-order valence-electron chi connectivity index (χ3n) is 7.66. The highest BCUT2D eigenvalue weighted by Crippen LogP contribution is 2.35. The molecule has 9 heteroatoms. The molecule has 0 aromatic rings. The number of hydrogen-bond acceptors (Lipinski definition) is 6. The molecule has 0 fully saturated rings. The molecule has 1 atom stereocenters. The molecule has 0 aromatic heterocycles. The highest BCUT2D eigenvalue weighted by atomic mass is 31.2. The van der Waals surface area contributed by atoms with E-state index in [2.05, 4.69) is 48.8 Å². The number of hydrogen-bond donors (Lipinski definition) is 2. The van der Waals surface area contributed by atoms with E-state index in [-0.39, 0.29) is 19.4 Å². The van der Waals surface area contributed by atoms with Gasteiger partial charge < -0.3 is 19.3 Å². The number of carbonyl (C=O) groups excluding carboxylic acids is 2. The van der Waals surface area contributed by atoms with Gasteiger partial charge in [0, 0.05) is 12.8 Å². The van der Waals surface area contributed by atoms with Crippen molar-refractivity contribution in [2.75, 3.05) is 13.2 Å². The van der Waals surface area contributed by atoms with Gasteiger partial charge in [0.25, 0.3) is 0 Å². The molecule has 0 aliphatic heterocycles. The van der Waals surface area contributed by atoms with Crippen LogP contribution in [0.2, 0.25) is 0 Å². The van der Waals surface area contributed by atoms with Crippen molar-refractivity contribution >= 4 is 19.8 Å². The van der Waals surface area contributed by atoms with E-state index < -0.39 is 32.5 Å². The van der Waals surface area contributed by atoms with Crippen LogP contribution >= 0.6 is 7.82 Å². The molecule has 0 aromatic carbocycles. The van der Waals surface area contributed by atoms with Gasteiger partial charge in [-0.05, 0) is 44.9 Å². The molecule has 0 heterocycles. The number of unbranched alkanes of at least 4 members (excludes halogenated alkanes) is 17. The van der Waals surface area contributed by atoms with Gasteiger partial charge in [0.2, 0.25) is 0 Å². The lowest BCUT2D eigenvalue weighted by molar-refractivity contribution is -0.161. The lowest BCUT2D eigenvalue weighted by atomic mass is 10.1. The first kappa shape index (κ1) is 44.3. The molecule has 0 radical (unpaired) electrons. The molecule has 0 aliphatic rings. The predicted molar refractivity (Wildman–Crippen MR) is 188 cm³/mol. The Morgan fingerprint density at radius 2 is 1.00 bits per heavy atom. The van der Waals surface area contributed by atoms with Crippen LogP contribution in [0.4, 0.5) is 0 Å². The summed E-state index contributed by atoms with van der Waals surface area (Å²) in [6.07, 6.45) is 37.3. The zero-order valence-electron chi connectivity index (χ0n) is 29.2. The zero-order chi connectivity index (χ0) is 34.0. The fourth-order valence-electron chi connectivity index (χ4n) is 4.92. The Balaban J connectivity index is 4.08. The van der Waals surface area contributed by atoms with Crippen molar-refractivity contribution in [3.05, 3.63) is 36.5 Å². The molecule has 0 amide bonds. The van der Waals surface area contributed by atoms with Crippen molar-refractivity contribution in [1.82, 2.24) is 0 Å². The van der Waals surface area contributed by atoms with E-state index in [4.69, 9.17) is 19.3 Å². The zero-order valence-corrected chi connectivity index (χ0v) is 30.1. The number of carbonyl (C=O) groups is 2. The van der Waals surface area contributed by atoms with Crippen LogP contribution in [0.5, 0.6) is 0 Å². The third kappa shape index (κ3) is 35.1. The minimum absolute atomic E-state index is 0.142. The van der Waals surface area contributed by atoms with Gasteiger partial charge in [-0.1, -0.05) is 147 Å². The van der Waals surface area contributed by atoms with E-state index in [1.807, 2.05) is 6.08 Å². The van der Waals surface area contributed by atoms with Gasteiger partial charge in [-0.15, -0.1) is 0 Å². The Bertz CT molecular complexity index is 848. The second-order valence-corrected chi connectivity index (χ2v) is 13.4.